The summed E-state index contributed by atoms with van der Waals surface area (Å²) in [5.41, 5.74) is 0.404. The number of nitrogens with zero attached hydrogens (tertiary/aromatic N) is 4. The smallest absolute Gasteiger partial charge is 0.306 e. The molecule has 0 fully saturated rings. The first-order valence-corrected chi connectivity index (χ1v) is 5.58. The predicted octanol–water partition coefficient (Wildman–Crippen LogP) is 1.24. The highest BCUT2D eigenvalue weighted by Gasteiger charge is 2.15. The van der Waals surface area contributed by atoms with Crippen molar-refractivity contribution in [1.82, 2.24) is 15.0 Å². The van der Waals surface area contributed by atoms with Crippen LogP contribution in [0.2, 0.25) is 0 Å². The maximum atomic E-state index is 13.2. The first kappa shape index (κ1) is 13.1. The van der Waals surface area contributed by atoms with Gasteiger partial charge in [-0.3, -0.25) is 10.1 Å². The number of hydrogen-bond donors (Lipinski definition) is 1. The van der Waals surface area contributed by atoms with Crippen molar-refractivity contribution in [3.8, 4) is 5.69 Å². The molecule has 1 aromatic carbocycles. The van der Waals surface area contributed by atoms with E-state index in [4.69, 9.17) is 5.11 Å². The van der Waals surface area contributed by atoms with Gasteiger partial charge in [0.2, 0.25) is 5.82 Å². The fraction of sp³-hybridized carbons (Fsp3) is 0.273. The van der Waals surface area contributed by atoms with Crippen molar-refractivity contribution in [2.24, 2.45) is 0 Å². The van der Waals surface area contributed by atoms with Crippen LogP contribution >= 0.6 is 0 Å². The summed E-state index contributed by atoms with van der Waals surface area (Å²) in [7, 11) is 0. The molecule has 0 bridgehead atoms. The van der Waals surface area contributed by atoms with Gasteiger partial charge in [-0.25, -0.2) is 4.68 Å². The summed E-state index contributed by atoms with van der Waals surface area (Å²) >= 11 is 0. The molecule has 7 nitrogen and oxygen atoms in total. The molecule has 100 valence electrons. The summed E-state index contributed by atoms with van der Waals surface area (Å²) in [6, 6.07) is 3.50. The number of aliphatic hydroxyl groups is 1. The Morgan fingerprint density at radius 2 is 2.26 bits per heavy atom. The lowest BCUT2D eigenvalue weighted by molar-refractivity contribution is -0.387. The second-order valence-corrected chi connectivity index (χ2v) is 3.87. The Kier molecular flexibility index (Phi) is 3.81. The molecule has 0 aliphatic rings. The second kappa shape index (κ2) is 5.53. The van der Waals surface area contributed by atoms with E-state index in [1.165, 1.54) is 10.7 Å². The van der Waals surface area contributed by atoms with Crippen LogP contribution in [0.15, 0.2) is 24.4 Å². The number of halogens is 1. The van der Waals surface area contributed by atoms with Gasteiger partial charge >= 0.3 is 5.69 Å². The van der Waals surface area contributed by atoms with Gasteiger partial charge in [0.1, 0.15) is 0 Å². The minimum absolute atomic E-state index is 0.0505. The summed E-state index contributed by atoms with van der Waals surface area (Å²) in [6.07, 6.45) is 2.70. The highest BCUT2D eigenvalue weighted by atomic mass is 19.1. The predicted molar refractivity (Wildman–Crippen MR) is 63.4 cm³/mol. The van der Waals surface area contributed by atoms with Crippen molar-refractivity contribution in [1.29, 1.82) is 0 Å². The van der Waals surface area contributed by atoms with Crippen LogP contribution in [0.1, 0.15) is 12.1 Å². The van der Waals surface area contributed by atoms with Gasteiger partial charge in [0.15, 0.2) is 0 Å². The fourth-order valence-corrected chi connectivity index (χ4v) is 1.58. The fourth-order valence-electron chi connectivity index (χ4n) is 1.58. The molecule has 19 heavy (non-hydrogen) atoms. The summed E-state index contributed by atoms with van der Waals surface area (Å²) < 4.78 is 14.5. The monoisotopic (exact) mass is 266 g/mol. The van der Waals surface area contributed by atoms with E-state index in [-0.39, 0.29) is 6.61 Å². The average Bonchev–Trinajstić information content (AvgIpc) is 2.85. The highest BCUT2D eigenvalue weighted by molar-refractivity contribution is 5.43. The minimum atomic E-state index is -0.894. The maximum Gasteiger partial charge on any atom is 0.306 e. The van der Waals surface area contributed by atoms with Gasteiger partial charge in [-0.1, -0.05) is 5.21 Å². The first-order valence-electron chi connectivity index (χ1n) is 5.58. The Bertz CT molecular complexity index is 599. The molecule has 0 aliphatic heterocycles. The van der Waals surface area contributed by atoms with E-state index in [9.17, 15) is 14.5 Å². The number of benzene rings is 1. The van der Waals surface area contributed by atoms with Gasteiger partial charge < -0.3 is 5.11 Å². The number of hydrogen-bond acceptors (Lipinski definition) is 5. The van der Waals surface area contributed by atoms with Gasteiger partial charge in [0.25, 0.3) is 0 Å². The molecule has 0 atom stereocenters. The number of aromatic nitrogens is 3. The van der Waals surface area contributed by atoms with Crippen LogP contribution in [0.5, 0.6) is 0 Å². The van der Waals surface area contributed by atoms with Crippen LogP contribution in [0.4, 0.5) is 10.1 Å². The van der Waals surface area contributed by atoms with Crippen molar-refractivity contribution in [2.45, 2.75) is 12.8 Å². The second-order valence-electron chi connectivity index (χ2n) is 3.87. The normalized spacial score (nSPS) is 10.6. The van der Waals surface area contributed by atoms with Gasteiger partial charge in [-0.05, 0) is 25.0 Å². The SMILES string of the molecule is O=[N+]([O-])c1cc(-n2cc(CCCO)nn2)ccc1F. The number of rotatable bonds is 5. The topological polar surface area (TPSA) is 94.1 Å². The summed E-state index contributed by atoms with van der Waals surface area (Å²) in [4.78, 5) is 9.86. The molecule has 0 unspecified atom stereocenters. The molecule has 0 radical (unpaired) electrons. The Morgan fingerprint density at radius 3 is 2.95 bits per heavy atom. The Morgan fingerprint density at radius 1 is 1.47 bits per heavy atom. The lowest BCUT2D eigenvalue weighted by Gasteiger charge is -2.00. The Labute approximate surface area is 107 Å². The zero-order valence-corrected chi connectivity index (χ0v) is 9.86. The van der Waals surface area contributed by atoms with E-state index in [1.807, 2.05) is 0 Å². The van der Waals surface area contributed by atoms with Crippen molar-refractivity contribution in [2.75, 3.05) is 6.61 Å². The summed E-state index contributed by atoms with van der Waals surface area (Å²) in [5.74, 6) is -0.894. The lowest BCUT2D eigenvalue weighted by atomic mass is 10.2. The molecular formula is C11H11FN4O3. The molecular weight excluding hydrogens is 255 g/mol. The van der Waals surface area contributed by atoms with Crippen molar-refractivity contribution in [3.05, 3.63) is 46.0 Å². The Hall–Kier alpha value is -2.35. The molecule has 1 heterocycles. The molecule has 0 amide bonds. The number of aryl methyl sites for hydroxylation is 1. The van der Waals surface area contributed by atoms with Gasteiger partial charge in [0, 0.05) is 12.7 Å². The minimum Gasteiger partial charge on any atom is -0.396 e. The average molecular weight is 266 g/mol. The van der Waals surface area contributed by atoms with Gasteiger partial charge in [-0.2, -0.15) is 4.39 Å². The standard InChI is InChI=1S/C11H11FN4O3/c12-10-4-3-9(6-11(10)16(18)19)15-7-8(13-14-15)2-1-5-17/h3-4,6-7,17H,1-2,5H2. The van der Waals surface area contributed by atoms with E-state index < -0.39 is 16.4 Å². The van der Waals surface area contributed by atoms with Crippen molar-refractivity contribution < 1.29 is 14.4 Å². The molecule has 0 spiro atoms. The third-order valence-electron chi connectivity index (χ3n) is 2.52. The van der Waals surface area contributed by atoms with Crippen LogP contribution in [0, 0.1) is 15.9 Å². The van der Waals surface area contributed by atoms with Crippen molar-refractivity contribution in [3.63, 3.8) is 0 Å². The number of nitro benzene ring substituents is 1. The zero-order chi connectivity index (χ0) is 13.8. The van der Waals surface area contributed by atoms with Crippen LogP contribution in [-0.2, 0) is 6.42 Å². The summed E-state index contributed by atoms with van der Waals surface area (Å²) in [6.45, 7) is 0.0505. The molecule has 2 rings (SSSR count). The van der Waals surface area contributed by atoms with Crippen LogP contribution < -0.4 is 0 Å². The van der Waals surface area contributed by atoms with Crippen molar-refractivity contribution >= 4 is 5.69 Å². The zero-order valence-electron chi connectivity index (χ0n) is 9.86. The van der Waals surface area contributed by atoms with Gasteiger partial charge in [0.05, 0.1) is 22.5 Å². The molecule has 1 aromatic heterocycles. The molecule has 1 N–H and O–H groups in total. The van der Waals surface area contributed by atoms with E-state index in [0.717, 1.165) is 12.1 Å². The number of aliphatic hydroxyl groups excluding tert-OH is 1. The summed E-state index contributed by atoms with van der Waals surface area (Å²) in [5, 5.41) is 27.0. The van der Waals surface area contributed by atoms with Crippen LogP contribution in [-0.4, -0.2) is 31.6 Å². The maximum absolute atomic E-state index is 13.2. The molecule has 0 saturated carbocycles. The van der Waals surface area contributed by atoms with E-state index in [2.05, 4.69) is 10.3 Å². The lowest BCUT2D eigenvalue weighted by Crippen LogP contribution is -1.98. The molecule has 2 aromatic rings. The van der Waals surface area contributed by atoms with Crippen LogP contribution in [0.25, 0.3) is 5.69 Å². The van der Waals surface area contributed by atoms with E-state index in [1.54, 1.807) is 6.20 Å². The highest BCUT2D eigenvalue weighted by Crippen LogP contribution is 2.20. The van der Waals surface area contributed by atoms with E-state index in [0.29, 0.717) is 24.2 Å². The van der Waals surface area contributed by atoms with E-state index >= 15 is 0 Å². The first-order chi connectivity index (χ1) is 9.11. The molecule has 0 saturated heterocycles. The largest absolute Gasteiger partial charge is 0.396 e. The quantitative estimate of drug-likeness (QED) is 0.649. The Balaban J connectivity index is 2.29. The molecule has 0 aliphatic carbocycles. The third kappa shape index (κ3) is 2.91. The third-order valence-corrected chi connectivity index (χ3v) is 2.52. The molecule has 8 heteroatoms. The number of nitro groups is 1. The van der Waals surface area contributed by atoms with Crippen LogP contribution in [0.3, 0.4) is 0 Å². The van der Waals surface area contributed by atoms with Gasteiger partial charge in [-0.15, -0.1) is 5.10 Å².